The fourth-order valence-electron chi connectivity index (χ4n) is 5.29. The van der Waals surface area contributed by atoms with Crippen LogP contribution in [0.1, 0.15) is 35.6 Å². The van der Waals surface area contributed by atoms with Crippen LogP contribution in [0, 0.1) is 11.7 Å². The summed E-state index contributed by atoms with van der Waals surface area (Å²) in [6, 6.07) is 6.46. The number of carbonyl (C=O) groups is 1. The topological polar surface area (TPSA) is 71.0 Å². The first kappa shape index (κ1) is 25.2. The molecule has 3 unspecified atom stereocenters. The van der Waals surface area contributed by atoms with Crippen LogP contribution in [0.3, 0.4) is 0 Å². The molecule has 2 aromatic carbocycles. The highest BCUT2D eigenvalue weighted by Gasteiger charge is 2.50. The summed E-state index contributed by atoms with van der Waals surface area (Å²) < 4.78 is 56.1. The molecular formula is C26H28ClF3N2O4. The molecule has 10 heteroatoms. The highest BCUT2D eigenvalue weighted by Crippen LogP contribution is 2.39. The van der Waals surface area contributed by atoms with Crippen molar-refractivity contribution in [2.45, 2.75) is 43.8 Å². The van der Waals surface area contributed by atoms with Crippen molar-refractivity contribution in [3.05, 3.63) is 57.9 Å². The third-order valence-electron chi connectivity index (χ3n) is 7.23. The number of benzene rings is 2. The van der Waals surface area contributed by atoms with Gasteiger partial charge in [-0.05, 0) is 79.7 Å². The second-order valence-electron chi connectivity index (χ2n) is 9.70. The van der Waals surface area contributed by atoms with E-state index >= 15 is 8.78 Å². The molecule has 1 amide bonds. The van der Waals surface area contributed by atoms with Gasteiger partial charge in [0, 0.05) is 17.5 Å². The Hall–Kier alpha value is -2.49. The van der Waals surface area contributed by atoms with Crippen molar-refractivity contribution in [1.29, 1.82) is 0 Å². The van der Waals surface area contributed by atoms with Crippen molar-refractivity contribution >= 4 is 17.5 Å². The lowest BCUT2D eigenvalue weighted by molar-refractivity contribution is -0.155. The number of ether oxygens (including phenoxy) is 2. The maximum absolute atomic E-state index is 15.4. The molecule has 0 radical (unpaired) electrons. The molecule has 1 fully saturated rings. The molecule has 2 aromatic rings. The summed E-state index contributed by atoms with van der Waals surface area (Å²) in [5, 5.41) is 14.0. The van der Waals surface area contributed by atoms with Crippen LogP contribution in [-0.4, -0.2) is 60.7 Å². The second kappa shape index (κ2) is 10.1. The number of hydrogen-bond acceptors (Lipinski definition) is 5. The van der Waals surface area contributed by atoms with Gasteiger partial charge in [0.1, 0.15) is 19.3 Å². The number of likely N-dealkylation sites (tertiary alicyclic amines) is 1. The molecule has 0 spiro atoms. The summed E-state index contributed by atoms with van der Waals surface area (Å²) in [4.78, 5) is 14.9. The van der Waals surface area contributed by atoms with Crippen LogP contribution >= 0.6 is 11.6 Å². The molecule has 5 rings (SSSR count). The molecule has 2 heterocycles. The largest absolute Gasteiger partial charge is 0.486 e. The SMILES string of the molecule is O=C(NC(CN1CCCC1)C(O)c1cc(F)c2c(c1)OCCO2)C(F)(F)C1Cc2ccc(Cl)cc2C1. The van der Waals surface area contributed by atoms with Crippen molar-refractivity contribution in [1.82, 2.24) is 10.2 Å². The minimum absolute atomic E-state index is 0.0308. The van der Waals surface area contributed by atoms with Gasteiger partial charge in [-0.3, -0.25) is 4.79 Å². The second-order valence-corrected chi connectivity index (χ2v) is 10.1. The molecule has 194 valence electrons. The van der Waals surface area contributed by atoms with E-state index in [9.17, 15) is 14.3 Å². The molecule has 2 N–H and O–H groups in total. The van der Waals surface area contributed by atoms with Crippen molar-refractivity contribution in [2.75, 3.05) is 32.8 Å². The van der Waals surface area contributed by atoms with Gasteiger partial charge < -0.3 is 24.8 Å². The fourth-order valence-corrected chi connectivity index (χ4v) is 5.49. The summed E-state index contributed by atoms with van der Waals surface area (Å²) in [5.74, 6) is -6.99. The van der Waals surface area contributed by atoms with Crippen molar-refractivity contribution < 1.29 is 32.5 Å². The molecule has 36 heavy (non-hydrogen) atoms. The third-order valence-corrected chi connectivity index (χ3v) is 7.46. The summed E-state index contributed by atoms with van der Waals surface area (Å²) in [6.45, 7) is 2.03. The molecule has 3 atom stereocenters. The number of aliphatic hydroxyl groups is 1. The van der Waals surface area contributed by atoms with Gasteiger partial charge >= 0.3 is 5.92 Å². The molecule has 3 aliphatic rings. The quantitative estimate of drug-likeness (QED) is 0.575. The molecular weight excluding hydrogens is 497 g/mol. The first-order valence-electron chi connectivity index (χ1n) is 12.2. The molecule has 2 aliphatic heterocycles. The Bertz CT molecular complexity index is 1140. The number of amides is 1. The van der Waals surface area contributed by atoms with Crippen LogP contribution in [-0.2, 0) is 17.6 Å². The van der Waals surface area contributed by atoms with Gasteiger partial charge in [0.2, 0.25) is 0 Å². The predicted octanol–water partition coefficient (Wildman–Crippen LogP) is 3.91. The molecule has 1 aliphatic carbocycles. The van der Waals surface area contributed by atoms with Crippen LogP contribution in [0.5, 0.6) is 11.5 Å². The Labute approximate surface area is 212 Å². The lowest BCUT2D eigenvalue weighted by Crippen LogP contribution is -2.54. The zero-order chi connectivity index (χ0) is 25.4. The number of rotatable bonds is 7. The smallest absolute Gasteiger partial charge is 0.327 e. The fraction of sp³-hybridized carbons (Fsp3) is 0.500. The number of nitrogens with one attached hydrogen (secondary N) is 1. The molecule has 0 bridgehead atoms. The third kappa shape index (κ3) is 5.01. The predicted molar refractivity (Wildman–Crippen MR) is 127 cm³/mol. The van der Waals surface area contributed by atoms with Gasteiger partial charge in [0.25, 0.3) is 5.91 Å². The summed E-state index contributed by atoms with van der Waals surface area (Å²) in [7, 11) is 0. The lowest BCUT2D eigenvalue weighted by Gasteiger charge is -2.31. The Kier molecular flexibility index (Phi) is 7.07. The van der Waals surface area contributed by atoms with E-state index in [4.69, 9.17) is 21.1 Å². The number of halogens is 4. The number of hydrogen-bond donors (Lipinski definition) is 2. The van der Waals surface area contributed by atoms with E-state index in [1.54, 1.807) is 18.2 Å². The van der Waals surface area contributed by atoms with E-state index in [0.29, 0.717) is 10.6 Å². The van der Waals surface area contributed by atoms with E-state index in [0.717, 1.165) is 37.6 Å². The van der Waals surface area contributed by atoms with E-state index < -0.39 is 35.7 Å². The summed E-state index contributed by atoms with van der Waals surface area (Å²) >= 11 is 6.00. The van der Waals surface area contributed by atoms with Gasteiger partial charge in [-0.25, -0.2) is 4.39 Å². The first-order chi connectivity index (χ1) is 17.2. The minimum atomic E-state index is -3.67. The van der Waals surface area contributed by atoms with Crippen LogP contribution in [0.15, 0.2) is 30.3 Å². The van der Waals surface area contributed by atoms with Crippen LogP contribution < -0.4 is 14.8 Å². The average Bonchev–Trinajstić information content (AvgIpc) is 3.53. The van der Waals surface area contributed by atoms with Crippen LogP contribution in [0.4, 0.5) is 13.2 Å². The van der Waals surface area contributed by atoms with Gasteiger partial charge in [0.05, 0.1) is 6.04 Å². The van der Waals surface area contributed by atoms with Crippen molar-refractivity contribution in [3.63, 3.8) is 0 Å². The zero-order valence-electron chi connectivity index (χ0n) is 19.6. The number of nitrogens with zero attached hydrogens (tertiary/aromatic N) is 1. The van der Waals surface area contributed by atoms with Gasteiger partial charge in [-0.2, -0.15) is 8.78 Å². The highest BCUT2D eigenvalue weighted by molar-refractivity contribution is 6.30. The van der Waals surface area contributed by atoms with E-state index in [-0.39, 0.29) is 49.7 Å². The molecule has 0 aromatic heterocycles. The van der Waals surface area contributed by atoms with E-state index in [2.05, 4.69) is 5.32 Å². The van der Waals surface area contributed by atoms with Crippen LogP contribution in [0.25, 0.3) is 0 Å². The standard InChI is InChI=1S/C26H28ClF3N2O4/c27-19-4-3-15-9-18(10-16(15)11-19)26(29,30)25(34)31-21(14-32-5-1-2-6-32)23(33)17-12-20(28)24-22(13-17)35-7-8-36-24/h3-4,11-13,18,21,23,33H,1-2,5-10,14H2,(H,31,34). The number of alkyl halides is 2. The van der Waals surface area contributed by atoms with Gasteiger partial charge in [-0.1, -0.05) is 17.7 Å². The number of aliphatic hydroxyl groups excluding tert-OH is 1. The Balaban J connectivity index is 1.36. The van der Waals surface area contributed by atoms with Crippen molar-refractivity contribution in [2.24, 2.45) is 5.92 Å². The Morgan fingerprint density at radius 3 is 2.64 bits per heavy atom. The Morgan fingerprint density at radius 2 is 1.86 bits per heavy atom. The van der Waals surface area contributed by atoms with E-state index in [1.165, 1.54) is 6.07 Å². The minimum Gasteiger partial charge on any atom is -0.486 e. The molecule has 0 saturated carbocycles. The Morgan fingerprint density at radius 1 is 1.14 bits per heavy atom. The number of carbonyl (C=O) groups excluding carboxylic acids is 1. The van der Waals surface area contributed by atoms with Gasteiger partial charge in [0.15, 0.2) is 17.3 Å². The van der Waals surface area contributed by atoms with Crippen molar-refractivity contribution in [3.8, 4) is 11.5 Å². The average molecular weight is 525 g/mol. The molecule has 1 saturated heterocycles. The summed E-state index contributed by atoms with van der Waals surface area (Å²) in [6.07, 6.45) is 0.529. The zero-order valence-corrected chi connectivity index (χ0v) is 20.4. The maximum atomic E-state index is 15.4. The number of fused-ring (bicyclic) bond motifs is 2. The maximum Gasteiger partial charge on any atom is 0.327 e. The van der Waals surface area contributed by atoms with E-state index in [1.807, 2.05) is 4.90 Å². The first-order valence-corrected chi connectivity index (χ1v) is 12.6. The summed E-state index contributed by atoms with van der Waals surface area (Å²) in [5.41, 5.74) is 1.57. The highest BCUT2D eigenvalue weighted by atomic mass is 35.5. The lowest BCUT2D eigenvalue weighted by atomic mass is 9.95. The van der Waals surface area contributed by atoms with Gasteiger partial charge in [-0.15, -0.1) is 0 Å². The van der Waals surface area contributed by atoms with Crippen LogP contribution in [0.2, 0.25) is 5.02 Å². The monoisotopic (exact) mass is 524 g/mol. The normalized spacial score (nSPS) is 21.2. The molecule has 6 nitrogen and oxygen atoms in total.